The van der Waals surface area contributed by atoms with Crippen molar-refractivity contribution in [2.75, 3.05) is 7.05 Å². The maximum atomic E-state index is 12.6. The first-order valence-electron chi connectivity index (χ1n) is 7.05. The van der Waals surface area contributed by atoms with Gasteiger partial charge >= 0.3 is 5.97 Å². The normalized spacial score (nSPS) is 29.1. The summed E-state index contributed by atoms with van der Waals surface area (Å²) in [5, 5.41) is 9.26. The first kappa shape index (κ1) is 16.0. The molecule has 0 spiro atoms. The van der Waals surface area contributed by atoms with E-state index in [0.717, 1.165) is 0 Å². The molecular formula is C15H27NO3. The summed E-state index contributed by atoms with van der Waals surface area (Å²) < 4.78 is 0. The van der Waals surface area contributed by atoms with Gasteiger partial charge in [-0.2, -0.15) is 0 Å². The summed E-state index contributed by atoms with van der Waals surface area (Å²) in [6.45, 7) is 10.3. The summed E-state index contributed by atoms with van der Waals surface area (Å²) in [7, 11) is 1.79. The quantitative estimate of drug-likeness (QED) is 0.857. The van der Waals surface area contributed by atoms with Crippen molar-refractivity contribution < 1.29 is 14.7 Å². The van der Waals surface area contributed by atoms with E-state index in [9.17, 15) is 14.7 Å². The van der Waals surface area contributed by atoms with Gasteiger partial charge in [0.1, 0.15) is 0 Å². The second-order valence-corrected chi connectivity index (χ2v) is 7.12. The lowest BCUT2D eigenvalue weighted by Gasteiger charge is -2.37. The van der Waals surface area contributed by atoms with E-state index >= 15 is 0 Å². The highest BCUT2D eigenvalue weighted by molar-refractivity contribution is 5.85. The zero-order valence-corrected chi connectivity index (χ0v) is 12.9. The zero-order chi connectivity index (χ0) is 15.0. The molecule has 1 saturated carbocycles. The fraction of sp³-hybridized carbons (Fsp3) is 0.867. The third-order valence-electron chi connectivity index (χ3n) is 4.61. The Labute approximate surface area is 116 Å². The van der Waals surface area contributed by atoms with Gasteiger partial charge in [-0.05, 0) is 31.1 Å². The average Bonchev–Trinajstić information content (AvgIpc) is 2.67. The van der Waals surface area contributed by atoms with Crippen molar-refractivity contribution in [3.05, 3.63) is 0 Å². The highest BCUT2D eigenvalue weighted by Crippen LogP contribution is 2.38. The number of nitrogens with zero attached hydrogens (tertiary/aromatic N) is 1. The molecule has 0 aromatic carbocycles. The maximum Gasteiger partial charge on any atom is 0.307 e. The molecule has 0 aromatic rings. The Morgan fingerprint density at radius 1 is 1.21 bits per heavy atom. The predicted octanol–water partition coefficient (Wildman–Crippen LogP) is 2.63. The van der Waals surface area contributed by atoms with Crippen molar-refractivity contribution in [3.63, 3.8) is 0 Å². The Morgan fingerprint density at radius 3 is 2.11 bits per heavy atom. The van der Waals surface area contributed by atoms with Crippen LogP contribution in [0.2, 0.25) is 0 Å². The number of aliphatic carboxylic acids is 1. The molecule has 0 aromatic heterocycles. The van der Waals surface area contributed by atoms with Gasteiger partial charge in [0.15, 0.2) is 0 Å². The molecule has 0 radical (unpaired) electrons. The molecule has 0 bridgehead atoms. The van der Waals surface area contributed by atoms with Crippen molar-refractivity contribution in [2.24, 2.45) is 23.2 Å². The van der Waals surface area contributed by atoms with E-state index in [2.05, 4.69) is 20.8 Å². The summed E-state index contributed by atoms with van der Waals surface area (Å²) in [5.74, 6) is -1.41. The molecule has 0 heterocycles. The molecule has 0 saturated heterocycles. The summed E-state index contributed by atoms with van der Waals surface area (Å²) in [6.07, 6.45) is 1.31. The minimum Gasteiger partial charge on any atom is -0.481 e. The number of rotatable bonds is 3. The van der Waals surface area contributed by atoms with Gasteiger partial charge in [0.25, 0.3) is 0 Å². The SMILES string of the molecule is CC1C[C@H](C(=O)N(C)C(C)C(C)(C)C)[C@H](C(=O)O)C1. The largest absolute Gasteiger partial charge is 0.481 e. The minimum absolute atomic E-state index is 0.00660. The minimum atomic E-state index is -0.834. The molecule has 4 heteroatoms. The third kappa shape index (κ3) is 3.48. The van der Waals surface area contributed by atoms with Gasteiger partial charge in [0.2, 0.25) is 5.91 Å². The van der Waals surface area contributed by atoms with Crippen LogP contribution >= 0.6 is 0 Å². The summed E-state index contributed by atoms with van der Waals surface area (Å²) in [4.78, 5) is 25.6. The maximum absolute atomic E-state index is 12.6. The van der Waals surface area contributed by atoms with Gasteiger partial charge in [-0.1, -0.05) is 27.7 Å². The molecule has 1 rings (SSSR count). The Hall–Kier alpha value is -1.06. The van der Waals surface area contributed by atoms with Crippen molar-refractivity contribution in [2.45, 2.75) is 53.5 Å². The lowest BCUT2D eigenvalue weighted by atomic mass is 9.85. The first-order chi connectivity index (χ1) is 8.55. The second-order valence-electron chi connectivity index (χ2n) is 7.12. The molecular weight excluding hydrogens is 242 g/mol. The van der Waals surface area contributed by atoms with Crippen molar-refractivity contribution >= 4 is 11.9 Å². The van der Waals surface area contributed by atoms with E-state index in [1.807, 2.05) is 13.8 Å². The summed E-state index contributed by atoms with van der Waals surface area (Å²) in [6, 6.07) is 0.0883. The van der Waals surface area contributed by atoms with Gasteiger partial charge in [0, 0.05) is 13.1 Å². The summed E-state index contributed by atoms with van der Waals surface area (Å²) >= 11 is 0. The Bertz CT molecular complexity index is 359. The van der Waals surface area contributed by atoms with E-state index in [0.29, 0.717) is 18.8 Å². The average molecular weight is 269 g/mol. The van der Waals surface area contributed by atoms with Crippen LogP contribution in [-0.4, -0.2) is 35.0 Å². The first-order valence-corrected chi connectivity index (χ1v) is 7.05. The van der Waals surface area contributed by atoms with Crippen LogP contribution in [0.1, 0.15) is 47.5 Å². The number of carbonyl (C=O) groups is 2. The number of hydrogen-bond donors (Lipinski definition) is 1. The topological polar surface area (TPSA) is 57.6 Å². The molecule has 1 amide bonds. The van der Waals surface area contributed by atoms with Gasteiger partial charge in [-0.15, -0.1) is 0 Å². The molecule has 2 unspecified atom stereocenters. The van der Waals surface area contributed by atoms with Crippen LogP contribution in [0.3, 0.4) is 0 Å². The molecule has 1 fully saturated rings. The predicted molar refractivity (Wildman–Crippen MR) is 74.7 cm³/mol. The summed E-state index contributed by atoms with van der Waals surface area (Å²) in [5.41, 5.74) is -0.00660. The van der Waals surface area contributed by atoms with E-state index in [-0.39, 0.29) is 23.3 Å². The van der Waals surface area contributed by atoms with Crippen LogP contribution in [0.15, 0.2) is 0 Å². The van der Waals surface area contributed by atoms with Gasteiger partial charge in [-0.25, -0.2) is 0 Å². The molecule has 110 valence electrons. The lowest BCUT2D eigenvalue weighted by Crippen LogP contribution is -2.46. The Balaban J connectivity index is 2.84. The molecule has 19 heavy (non-hydrogen) atoms. The monoisotopic (exact) mass is 269 g/mol. The number of amides is 1. The van der Waals surface area contributed by atoms with Crippen molar-refractivity contribution in [3.8, 4) is 0 Å². The Morgan fingerprint density at radius 2 is 1.68 bits per heavy atom. The zero-order valence-electron chi connectivity index (χ0n) is 12.9. The molecule has 4 atom stereocenters. The smallest absolute Gasteiger partial charge is 0.307 e. The van der Waals surface area contributed by atoms with Gasteiger partial charge < -0.3 is 10.0 Å². The lowest BCUT2D eigenvalue weighted by molar-refractivity contribution is -0.150. The number of carbonyl (C=O) groups excluding carboxylic acids is 1. The van der Waals surface area contributed by atoms with Crippen LogP contribution in [0.4, 0.5) is 0 Å². The van der Waals surface area contributed by atoms with Crippen LogP contribution < -0.4 is 0 Å². The Kier molecular flexibility index (Phi) is 4.64. The standard InChI is InChI=1S/C15H27NO3/c1-9-7-11(12(8-9)14(18)19)13(17)16(6)10(2)15(3,4)5/h9-12H,7-8H2,1-6H3,(H,18,19)/t9?,10?,11-,12+/m0/s1. The van der Waals surface area contributed by atoms with Crippen LogP contribution in [-0.2, 0) is 9.59 Å². The van der Waals surface area contributed by atoms with Crippen molar-refractivity contribution in [1.82, 2.24) is 4.90 Å². The van der Waals surface area contributed by atoms with Gasteiger partial charge in [0.05, 0.1) is 11.8 Å². The van der Waals surface area contributed by atoms with E-state index in [1.165, 1.54) is 0 Å². The number of hydrogen-bond acceptors (Lipinski definition) is 2. The molecule has 1 aliphatic carbocycles. The van der Waals surface area contributed by atoms with Crippen LogP contribution in [0, 0.1) is 23.2 Å². The highest BCUT2D eigenvalue weighted by Gasteiger charge is 2.43. The fourth-order valence-corrected chi connectivity index (χ4v) is 2.87. The van der Waals surface area contributed by atoms with Crippen molar-refractivity contribution in [1.29, 1.82) is 0 Å². The molecule has 0 aliphatic heterocycles. The van der Waals surface area contributed by atoms with Gasteiger partial charge in [-0.3, -0.25) is 9.59 Å². The van der Waals surface area contributed by atoms with E-state index < -0.39 is 11.9 Å². The third-order valence-corrected chi connectivity index (χ3v) is 4.61. The molecule has 4 nitrogen and oxygen atoms in total. The van der Waals surface area contributed by atoms with Crippen LogP contribution in [0.5, 0.6) is 0 Å². The number of carboxylic acids is 1. The van der Waals surface area contributed by atoms with E-state index in [1.54, 1.807) is 11.9 Å². The van der Waals surface area contributed by atoms with E-state index in [4.69, 9.17) is 0 Å². The number of carboxylic acid groups (broad SMARTS) is 1. The fourth-order valence-electron chi connectivity index (χ4n) is 2.87. The highest BCUT2D eigenvalue weighted by atomic mass is 16.4. The van der Waals surface area contributed by atoms with Crippen LogP contribution in [0.25, 0.3) is 0 Å². The molecule has 1 aliphatic rings. The second kappa shape index (κ2) is 5.51. The molecule has 1 N–H and O–H groups in total.